The summed E-state index contributed by atoms with van der Waals surface area (Å²) in [6.45, 7) is 2.72. The van der Waals surface area contributed by atoms with Crippen LogP contribution in [0, 0.1) is 17.5 Å². The molecule has 0 spiro atoms. The predicted molar refractivity (Wildman–Crippen MR) is 168 cm³/mol. The first-order chi connectivity index (χ1) is 22.2. The zero-order valence-electron chi connectivity index (χ0n) is 25.7. The normalized spacial score (nSPS) is 20.8. The van der Waals surface area contributed by atoms with Crippen LogP contribution in [0.2, 0.25) is 0 Å². The maximum absolute atomic E-state index is 15.1. The second-order valence-electron chi connectivity index (χ2n) is 12.0. The Morgan fingerprint density at radius 3 is 2.30 bits per heavy atom. The van der Waals surface area contributed by atoms with E-state index in [4.69, 9.17) is 15.2 Å². The molecule has 4 atom stereocenters. The van der Waals surface area contributed by atoms with Gasteiger partial charge in [0, 0.05) is 36.3 Å². The number of carbonyl (C=O) groups is 2. The number of benzene rings is 3. The van der Waals surface area contributed by atoms with Crippen LogP contribution in [-0.2, 0) is 20.7 Å². The van der Waals surface area contributed by atoms with Crippen molar-refractivity contribution in [3.8, 4) is 0 Å². The van der Waals surface area contributed by atoms with Gasteiger partial charge >= 0.3 is 6.09 Å². The molecule has 2 aliphatic rings. The van der Waals surface area contributed by atoms with Crippen molar-refractivity contribution in [2.45, 2.75) is 49.4 Å². The Kier molecular flexibility index (Phi) is 11.3. The molecule has 1 unspecified atom stereocenters. The number of amides is 2. The van der Waals surface area contributed by atoms with E-state index < -0.39 is 41.4 Å². The Hall–Kier alpha value is -3.97. The quantitative estimate of drug-likeness (QED) is 0.251. The van der Waals surface area contributed by atoms with E-state index in [1.165, 1.54) is 60.7 Å². The largest absolute Gasteiger partial charge is 0.448 e. The number of likely N-dealkylation sites (tertiary alicyclic amines) is 1. The number of halogens is 3. The highest BCUT2D eigenvalue weighted by molar-refractivity contribution is 5.96. The number of ether oxygens (including phenoxy) is 2. The van der Waals surface area contributed by atoms with Gasteiger partial charge in [-0.25, -0.2) is 18.0 Å². The van der Waals surface area contributed by atoms with E-state index in [1.54, 1.807) is 6.07 Å². The van der Waals surface area contributed by atoms with E-state index in [2.05, 4.69) is 20.9 Å². The summed E-state index contributed by atoms with van der Waals surface area (Å²) < 4.78 is 53.7. The maximum Gasteiger partial charge on any atom is 0.407 e. The second-order valence-corrected chi connectivity index (χ2v) is 12.0. The zero-order chi connectivity index (χ0) is 32.6. The number of nitrogens with one attached hydrogen (secondary N) is 3. The molecule has 2 saturated heterocycles. The third-order valence-electron chi connectivity index (χ3n) is 8.51. The van der Waals surface area contributed by atoms with Crippen LogP contribution in [0.25, 0.3) is 0 Å². The van der Waals surface area contributed by atoms with Crippen molar-refractivity contribution >= 4 is 17.7 Å². The minimum Gasteiger partial charge on any atom is -0.448 e. The fourth-order valence-electron chi connectivity index (χ4n) is 5.95. The van der Waals surface area contributed by atoms with Crippen molar-refractivity contribution in [3.05, 3.63) is 101 Å². The highest BCUT2D eigenvalue weighted by atomic mass is 19.1. The van der Waals surface area contributed by atoms with Crippen molar-refractivity contribution in [1.82, 2.24) is 15.5 Å². The first-order valence-electron chi connectivity index (χ1n) is 15.5. The van der Waals surface area contributed by atoms with Crippen molar-refractivity contribution in [1.29, 1.82) is 0 Å². The number of anilines is 1. The van der Waals surface area contributed by atoms with Crippen molar-refractivity contribution in [2.75, 3.05) is 45.2 Å². The van der Waals surface area contributed by atoms with Gasteiger partial charge in [0.25, 0.3) is 0 Å². The second kappa shape index (κ2) is 15.5. The van der Waals surface area contributed by atoms with Crippen LogP contribution in [0.1, 0.15) is 35.4 Å². The third kappa shape index (κ3) is 8.85. The number of alkyl carbamates (subject to hydrolysis) is 1. The molecule has 5 N–H and O–H groups in total. The van der Waals surface area contributed by atoms with E-state index in [0.29, 0.717) is 36.3 Å². The SMILES string of the molecule is CN1CCC(NC(=O)OC[C@@H]2CO[C@H](CCc3c(F)cccc3NC(=O)[C@@H](N)C(c3ccc(F)cc3)c3ccc(F)cc3)CN2)C1. The predicted octanol–water partition coefficient (Wildman–Crippen LogP) is 3.92. The monoisotopic (exact) mass is 639 g/mol. The number of hydrogen-bond acceptors (Lipinski definition) is 7. The summed E-state index contributed by atoms with van der Waals surface area (Å²) >= 11 is 0. The first kappa shape index (κ1) is 33.4. The van der Waals surface area contributed by atoms with Crippen molar-refractivity contribution < 1.29 is 32.2 Å². The van der Waals surface area contributed by atoms with E-state index in [9.17, 15) is 18.4 Å². The molecule has 12 heteroatoms. The molecule has 2 aliphatic heterocycles. The summed E-state index contributed by atoms with van der Waals surface area (Å²) in [5.74, 6) is -2.66. The number of carbonyl (C=O) groups excluding carboxylic acids is 2. The molecule has 3 aromatic rings. The molecule has 3 aromatic carbocycles. The van der Waals surface area contributed by atoms with Gasteiger partial charge in [0.2, 0.25) is 5.91 Å². The summed E-state index contributed by atoms with van der Waals surface area (Å²) in [4.78, 5) is 27.8. The van der Waals surface area contributed by atoms with Gasteiger partial charge in [0.05, 0.1) is 24.8 Å². The van der Waals surface area contributed by atoms with Crippen LogP contribution in [0.4, 0.5) is 23.7 Å². The lowest BCUT2D eigenvalue weighted by Gasteiger charge is -2.30. The lowest BCUT2D eigenvalue weighted by atomic mass is 9.85. The highest BCUT2D eigenvalue weighted by Crippen LogP contribution is 2.30. The van der Waals surface area contributed by atoms with E-state index in [0.717, 1.165) is 19.5 Å². The van der Waals surface area contributed by atoms with Crippen molar-refractivity contribution in [3.63, 3.8) is 0 Å². The number of morpholine rings is 1. The number of rotatable bonds is 11. The Bertz CT molecular complexity index is 1420. The number of likely N-dealkylation sites (N-methyl/N-ethyl adjacent to an activating group) is 1. The summed E-state index contributed by atoms with van der Waals surface area (Å²) in [5, 5.41) is 8.98. The van der Waals surface area contributed by atoms with Gasteiger partial charge in [-0.2, -0.15) is 0 Å². The molecule has 0 aromatic heterocycles. The van der Waals surface area contributed by atoms with Crippen LogP contribution in [0.5, 0.6) is 0 Å². The number of nitrogens with two attached hydrogens (primary N) is 1. The molecule has 0 bridgehead atoms. The third-order valence-corrected chi connectivity index (χ3v) is 8.51. The summed E-state index contributed by atoms with van der Waals surface area (Å²) in [6.07, 6.45) is 0.985. The average molecular weight is 640 g/mol. The van der Waals surface area contributed by atoms with Gasteiger partial charge in [0.15, 0.2) is 0 Å². The Balaban J connectivity index is 1.16. The molecule has 46 heavy (non-hydrogen) atoms. The fraction of sp³-hybridized carbons (Fsp3) is 0.412. The van der Waals surface area contributed by atoms with Crippen LogP contribution in [0.3, 0.4) is 0 Å². The smallest absolute Gasteiger partial charge is 0.407 e. The van der Waals surface area contributed by atoms with Crippen LogP contribution < -0.4 is 21.7 Å². The first-order valence-corrected chi connectivity index (χ1v) is 15.5. The molecule has 2 fully saturated rings. The molecule has 2 heterocycles. The van der Waals surface area contributed by atoms with Gasteiger partial charge in [-0.1, -0.05) is 30.3 Å². The molecule has 9 nitrogen and oxygen atoms in total. The molecule has 246 valence electrons. The molecule has 0 radical (unpaired) electrons. The van der Waals surface area contributed by atoms with Gasteiger partial charge in [-0.3, -0.25) is 4.79 Å². The topological polar surface area (TPSA) is 118 Å². The van der Waals surface area contributed by atoms with Gasteiger partial charge in [-0.15, -0.1) is 0 Å². The Morgan fingerprint density at radius 2 is 1.72 bits per heavy atom. The summed E-state index contributed by atoms with van der Waals surface area (Å²) in [7, 11) is 2.01. The van der Waals surface area contributed by atoms with Crippen LogP contribution >= 0.6 is 0 Å². The summed E-state index contributed by atoms with van der Waals surface area (Å²) in [5.41, 5.74) is 8.21. The molecular weight excluding hydrogens is 599 g/mol. The molecule has 0 aliphatic carbocycles. The molecular formula is C34H40F3N5O4. The fourth-order valence-corrected chi connectivity index (χ4v) is 5.95. The number of hydrogen-bond donors (Lipinski definition) is 4. The highest BCUT2D eigenvalue weighted by Gasteiger charge is 2.29. The van der Waals surface area contributed by atoms with Gasteiger partial charge < -0.3 is 36.1 Å². The van der Waals surface area contributed by atoms with E-state index >= 15 is 4.39 Å². The zero-order valence-corrected chi connectivity index (χ0v) is 25.7. The van der Waals surface area contributed by atoms with Gasteiger partial charge in [0.1, 0.15) is 24.1 Å². The maximum atomic E-state index is 15.1. The standard InChI is InChI=1S/C34H40F3N5O4/c1-42-16-15-25(18-42)40-34(44)46-20-26-19-45-27(17-39-26)13-14-28-29(37)3-2-4-30(28)41-33(43)32(38)31(21-5-9-23(35)10-6-21)22-7-11-24(36)12-8-22/h2-12,25-27,31-32,39H,13-20,38H2,1H3,(H,40,44)(H,41,43)/t25?,26-,27+,32-/m0/s1. The Morgan fingerprint density at radius 1 is 1.04 bits per heavy atom. The molecule has 2 amide bonds. The Labute approximate surface area is 266 Å². The number of nitrogens with zero attached hydrogens (tertiary/aromatic N) is 1. The van der Waals surface area contributed by atoms with E-state index in [1.807, 2.05) is 7.05 Å². The molecule has 0 saturated carbocycles. The lowest BCUT2D eigenvalue weighted by Crippen LogP contribution is -2.49. The van der Waals surface area contributed by atoms with Crippen LogP contribution in [-0.4, -0.2) is 81.0 Å². The van der Waals surface area contributed by atoms with Gasteiger partial charge in [-0.05, 0) is 80.4 Å². The minimum atomic E-state index is -1.15. The average Bonchev–Trinajstić information content (AvgIpc) is 3.46. The minimum absolute atomic E-state index is 0.0901. The van der Waals surface area contributed by atoms with Crippen LogP contribution in [0.15, 0.2) is 66.7 Å². The lowest BCUT2D eigenvalue weighted by molar-refractivity contribution is -0.117. The van der Waals surface area contributed by atoms with E-state index in [-0.39, 0.29) is 36.9 Å². The molecule has 5 rings (SSSR count). The van der Waals surface area contributed by atoms with Crippen molar-refractivity contribution in [2.24, 2.45) is 5.73 Å². The summed E-state index contributed by atoms with van der Waals surface area (Å²) in [6, 6.07) is 14.4.